The predicted octanol–water partition coefficient (Wildman–Crippen LogP) is 2.42. The summed E-state index contributed by atoms with van der Waals surface area (Å²) in [7, 11) is 1.94. The molecule has 3 rings (SSSR count). The number of fused-ring (bicyclic) bond motifs is 1. The molecule has 3 heteroatoms. The van der Waals surface area contributed by atoms with Gasteiger partial charge in [-0.25, -0.2) is 4.98 Å². The molecule has 78 valence electrons. The lowest BCUT2D eigenvalue weighted by Gasteiger charge is -1.98. The summed E-state index contributed by atoms with van der Waals surface area (Å²) < 4.78 is 5.82. The molecule has 0 spiro atoms. The molecule has 0 radical (unpaired) electrons. The quantitative estimate of drug-likeness (QED) is 0.830. The molecule has 1 N–H and O–H groups in total. The summed E-state index contributed by atoms with van der Waals surface area (Å²) in [5, 5.41) is 3.14. The Hall–Kier alpha value is -1.35. The van der Waals surface area contributed by atoms with Crippen LogP contribution in [0.3, 0.4) is 0 Å². The molecule has 0 amide bonds. The van der Waals surface area contributed by atoms with Gasteiger partial charge in [0.15, 0.2) is 11.5 Å². The molecule has 1 aromatic heterocycles. The minimum Gasteiger partial charge on any atom is -0.440 e. The van der Waals surface area contributed by atoms with E-state index in [1.54, 1.807) is 0 Å². The van der Waals surface area contributed by atoms with Crippen LogP contribution in [0.15, 0.2) is 22.6 Å². The second-order valence-electron chi connectivity index (χ2n) is 4.12. The molecule has 1 aliphatic carbocycles. The van der Waals surface area contributed by atoms with E-state index in [0.29, 0.717) is 5.92 Å². The van der Waals surface area contributed by atoms with Crippen molar-refractivity contribution in [1.29, 1.82) is 0 Å². The molecule has 15 heavy (non-hydrogen) atoms. The van der Waals surface area contributed by atoms with Crippen LogP contribution in [0.4, 0.5) is 0 Å². The highest BCUT2D eigenvalue weighted by atomic mass is 16.3. The molecule has 1 heterocycles. The minimum atomic E-state index is 0.583. The Kier molecular flexibility index (Phi) is 1.99. The van der Waals surface area contributed by atoms with E-state index in [2.05, 4.69) is 16.4 Å². The minimum absolute atomic E-state index is 0.583. The molecule has 0 aliphatic heterocycles. The van der Waals surface area contributed by atoms with Gasteiger partial charge in [0.1, 0.15) is 5.52 Å². The Morgan fingerprint density at radius 2 is 2.33 bits per heavy atom. The van der Waals surface area contributed by atoms with Gasteiger partial charge < -0.3 is 9.73 Å². The molecule has 0 atom stereocenters. The van der Waals surface area contributed by atoms with Gasteiger partial charge in [-0.15, -0.1) is 0 Å². The SMILES string of the molecule is CNCc1cccc2nc(C3CC3)oc12. The molecule has 1 saturated carbocycles. The Morgan fingerprint density at radius 3 is 3.07 bits per heavy atom. The smallest absolute Gasteiger partial charge is 0.198 e. The van der Waals surface area contributed by atoms with Gasteiger partial charge in [0, 0.05) is 18.0 Å². The summed E-state index contributed by atoms with van der Waals surface area (Å²) >= 11 is 0. The van der Waals surface area contributed by atoms with E-state index >= 15 is 0 Å². The summed E-state index contributed by atoms with van der Waals surface area (Å²) in [6.45, 7) is 0.830. The number of nitrogens with zero attached hydrogens (tertiary/aromatic N) is 1. The van der Waals surface area contributed by atoms with E-state index in [9.17, 15) is 0 Å². The molecule has 0 bridgehead atoms. The molecular formula is C12H14N2O. The second-order valence-corrected chi connectivity index (χ2v) is 4.12. The van der Waals surface area contributed by atoms with Gasteiger partial charge in [-0.1, -0.05) is 12.1 Å². The van der Waals surface area contributed by atoms with Crippen molar-refractivity contribution >= 4 is 11.1 Å². The van der Waals surface area contributed by atoms with Gasteiger partial charge in [-0.05, 0) is 26.0 Å². The average Bonchev–Trinajstić information content (AvgIpc) is 2.99. The number of hydrogen-bond acceptors (Lipinski definition) is 3. The van der Waals surface area contributed by atoms with Crippen molar-refractivity contribution in [3.63, 3.8) is 0 Å². The lowest BCUT2D eigenvalue weighted by molar-refractivity contribution is 0.529. The van der Waals surface area contributed by atoms with Crippen LogP contribution in [-0.2, 0) is 6.54 Å². The summed E-state index contributed by atoms with van der Waals surface area (Å²) in [5.74, 6) is 1.51. The normalized spacial score (nSPS) is 16.1. The molecule has 0 saturated heterocycles. The first-order valence-electron chi connectivity index (χ1n) is 5.41. The first-order chi connectivity index (χ1) is 7.38. The van der Waals surface area contributed by atoms with E-state index in [1.807, 2.05) is 19.2 Å². The van der Waals surface area contributed by atoms with E-state index in [0.717, 1.165) is 23.5 Å². The number of benzene rings is 1. The number of aromatic nitrogens is 1. The van der Waals surface area contributed by atoms with E-state index in [4.69, 9.17) is 4.42 Å². The molecule has 3 nitrogen and oxygen atoms in total. The highest BCUT2D eigenvalue weighted by molar-refractivity contribution is 5.76. The van der Waals surface area contributed by atoms with Crippen molar-refractivity contribution in [3.05, 3.63) is 29.7 Å². The predicted molar refractivity (Wildman–Crippen MR) is 58.7 cm³/mol. The molecule has 1 aliphatic rings. The fourth-order valence-corrected chi connectivity index (χ4v) is 1.86. The number of hydrogen-bond donors (Lipinski definition) is 1. The Labute approximate surface area is 88.5 Å². The summed E-state index contributed by atoms with van der Waals surface area (Å²) in [6.07, 6.45) is 2.46. The fourth-order valence-electron chi connectivity index (χ4n) is 1.86. The van der Waals surface area contributed by atoms with Crippen LogP contribution in [0.25, 0.3) is 11.1 Å². The van der Waals surface area contributed by atoms with Gasteiger partial charge in [-0.3, -0.25) is 0 Å². The zero-order valence-electron chi connectivity index (χ0n) is 8.79. The average molecular weight is 202 g/mol. The topological polar surface area (TPSA) is 38.1 Å². The van der Waals surface area contributed by atoms with Gasteiger partial charge in [0.2, 0.25) is 0 Å². The highest BCUT2D eigenvalue weighted by Gasteiger charge is 2.29. The Bertz CT molecular complexity index is 485. The van der Waals surface area contributed by atoms with Crippen molar-refractivity contribution in [2.24, 2.45) is 0 Å². The molecule has 2 aromatic rings. The lowest BCUT2D eigenvalue weighted by atomic mass is 10.2. The van der Waals surface area contributed by atoms with Crippen molar-refractivity contribution in [2.45, 2.75) is 25.3 Å². The van der Waals surface area contributed by atoms with Crippen molar-refractivity contribution < 1.29 is 4.42 Å². The first kappa shape index (κ1) is 8.92. The van der Waals surface area contributed by atoms with Crippen LogP contribution < -0.4 is 5.32 Å². The van der Waals surface area contributed by atoms with Crippen LogP contribution in [0.2, 0.25) is 0 Å². The summed E-state index contributed by atoms with van der Waals surface area (Å²) in [4.78, 5) is 4.52. The number of para-hydroxylation sites is 1. The highest BCUT2D eigenvalue weighted by Crippen LogP contribution is 2.40. The summed E-state index contributed by atoms with van der Waals surface area (Å²) in [5.41, 5.74) is 3.13. The standard InChI is InChI=1S/C12H14N2O/c1-13-7-9-3-2-4-10-11(9)15-12(14-10)8-5-6-8/h2-4,8,13H,5-7H2,1H3. The molecule has 1 aromatic carbocycles. The first-order valence-corrected chi connectivity index (χ1v) is 5.41. The zero-order chi connectivity index (χ0) is 10.3. The third-order valence-electron chi connectivity index (χ3n) is 2.81. The lowest BCUT2D eigenvalue weighted by Crippen LogP contribution is -2.04. The maximum atomic E-state index is 5.82. The van der Waals surface area contributed by atoms with Crippen LogP contribution in [0.1, 0.15) is 30.2 Å². The number of oxazole rings is 1. The van der Waals surface area contributed by atoms with E-state index < -0.39 is 0 Å². The second kappa shape index (κ2) is 3.35. The van der Waals surface area contributed by atoms with Crippen LogP contribution in [0.5, 0.6) is 0 Å². The number of rotatable bonds is 3. The van der Waals surface area contributed by atoms with E-state index in [1.165, 1.54) is 18.4 Å². The third kappa shape index (κ3) is 1.53. The van der Waals surface area contributed by atoms with Gasteiger partial charge in [-0.2, -0.15) is 0 Å². The molecule has 0 unspecified atom stereocenters. The van der Waals surface area contributed by atoms with Crippen LogP contribution in [0, 0.1) is 0 Å². The van der Waals surface area contributed by atoms with Crippen molar-refractivity contribution in [3.8, 4) is 0 Å². The van der Waals surface area contributed by atoms with E-state index in [-0.39, 0.29) is 0 Å². The van der Waals surface area contributed by atoms with Gasteiger partial charge in [0.05, 0.1) is 0 Å². The monoisotopic (exact) mass is 202 g/mol. The maximum Gasteiger partial charge on any atom is 0.198 e. The Morgan fingerprint density at radius 1 is 1.47 bits per heavy atom. The van der Waals surface area contributed by atoms with Crippen molar-refractivity contribution in [1.82, 2.24) is 10.3 Å². The summed E-state index contributed by atoms with van der Waals surface area (Å²) in [6, 6.07) is 6.14. The van der Waals surface area contributed by atoms with Gasteiger partial charge in [0.25, 0.3) is 0 Å². The van der Waals surface area contributed by atoms with Crippen LogP contribution in [-0.4, -0.2) is 12.0 Å². The molecule has 1 fully saturated rings. The zero-order valence-corrected chi connectivity index (χ0v) is 8.79. The van der Waals surface area contributed by atoms with Crippen molar-refractivity contribution in [2.75, 3.05) is 7.05 Å². The van der Waals surface area contributed by atoms with Crippen LogP contribution >= 0.6 is 0 Å². The molecular weight excluding hydrogens is 188 g/mol. The third-order valence-corrected chi connectivity index (χ3v) is 2.81. The fraction of sp³-hybridized carbons (Fsp3) is 0.417. The number of nitrogens with one attached hydrogen (secondary N) is 1. The largest absolute Gasteiger partial charge is 0.440 e. The van der Waals surface area contributed by atoms with Gasteiger partial charge >= 0.3 is 0 Å². The Balaban J connectivity index is 2.11. The maximum absolute atomic E-state index is 5.82.